The van der Waals surface area contributed by atoms with Crippen molar-refractivity contribution >= 4 is 39.1 Å². The molecule has 1 saturated heterocycles. The number of anilines is 1. The highest BCUT2D eigenvalue weighted by Gasteiger charge is 2.41. The van der Waals surface area contributed by atoms with Gasteiger partial charge in [0.05, 0.1) is 29.2 Å². The number of carbonyl (C=O) groups excluding carboxylic acids is 2. The number of hydrogen-bond acceptors (Lipinski definition) is 6. The number of nitrogens with zero attached hydrogens (tertiary/aromatic N) is 2. The van der Waals surface area contributed by atoms with E-state index in [1.54, 1.807) is 0 Å². The topological polar surface area (TPSA) is 127 Å². The van der Waals surface area contributed by atoms with Crippen molar-refractivity contribution in [1.82, 2.24) is 9.21 Å². The van der Waals surface area contributed by atoms with Crippen LogP contribution in [0.15, 0.2) is 41.3 Å². The van der Waals surface area contributed by atoms with Crippen LogP contribution in [-0.2, 0) is 21.4 Å². The van der Waals surface area contributed by atoms with Gasteiger partial charge >= 0.3 is 0 Å². The smallest absolute Gasteiger partial charge is 0.255 e. The van der Waals surface area contributed by atoms with Crippen molar-refractivity contribution in [2.45, 2.75) is 30.4 Å². The van der Waals surface area contributed by atoms with Crippen LogP contribution in [0.5, 0.6) is 0 Å². The molecule has 2 aromatic carbocycles. The van der Waals surface area contributed by atoms with Gasteiger partial charge in [-0.2, -0.15) is 4.31 Å². The van der Waals surface area contributed by atoms with Gasteiger partial charge in [-0.15, -0.1) is 0 Å². The summed E-state index contributed by atoms with van der Waals surface area (Å²) < 4.78 is 41.6. The van der Waals surface area contributed by atoms with Gasteiger partial charge in [-0.3, -0.25) is 9.59 Å². The molecule has 12 heteroatoms. The van der Waals surface area contributed by atoms with E-state index in [2.05, 4.69) is 5.32 Å². The van der Waals surface area contributed by atoms with Crippen LogP contribution >= 0.6 is 11.6 Å². The van der Waals surface area contributed by atoms with E-state index in [-0.39, 0.29) is 64.8 Å². The van der Waals surface area contributed by atoms with Gasteiger partial charge in [-0.25, -0.2) is 12.8 Å². The van der Waals surface area contributed by atoms with E-state index >= 15 is 0 Å². The summed E-state index contributed by atoms with van der Waals surface area (Å²) in [4.78, 5) is 26.6. The monoisotopic (exact) mass is 525 g/mol. The van der Waals surface area contributed by atoms with E-state index in [0.29, 0.717) is 0 Å². The molecule has 0 bridgehead atoms. The van der Waals surface area contributed by atoms with Gasteiger partial charge in [0, 0.05) is 36.8 Å². The number of rotatable bonds is 7. The quantitative estimate of drug-likeness (QED) is 0.506. The number of aliphatic hydroxyl groups excluding tert-OH is 2. The number of halogens is 2. The van der Waals surface area contributed by atoms with Crippen molar-refractivity contribution in [3.8, 4) is 0 Å². The summed E-state index contributed by atoms with van der Waals surface area (Å²) in [6, 6.07) is 6.83. The fraction of sp³-hybridized carbons (Fsp3) is 0.391. The van der Waals surface area contributed by atoms with Crippen molar-refractivity contribution in [3.05, 3.63) is 58.4 Å². The lowest BCUT2D eigenvalue weighted by Gasteiger charge is -2.40. The summed E-state index contributed by atoms with van der Waals surface area (Å²) >= 11 is 5.75. The normalized spacial score (nSPS) is 19.0. The summed E-state index contributed by atoms with van der Waals surface area (Å²) in [7, 11) is -4.17. The van der Waals surface area contributed by atoms with Gasteiger partial charge in [0.2, 0.25) is 15.9 Å². The van der Waals surface area contributed by atoms with E-state index in [1.807, 2.05) is 0 Å². The van der Waals surface area contributed by atoms with Crippen molar-refractivity contribution in [2.24, 2.45) is 5.92 Å². The van der Waals surface area contributed by atoms with Gasteiger partial charge in [-0.1, -0.05) is 17.7 Å². The minimum absolute atomic E-state index is 0.00229. The molecule has 2 aliphatic rings. The molecule has 1 heterocycles. The van der Waals surface area contributed by atoms with E-state index in [0.717, 1.165) is 29.3 Å². The number of nitrogens with one attached hydrogen (secondary N) is 1. The Morgan fingerprint density at radius 3 is 2.49 bits per heavy atom. The van der Waals surface area contributed by atoms with Crippen LogP contribution in [0.1, 0.15) is 28.8 Å². The molecule has 9 nitrogen and oxygen atoms in total. The minimum atomic E-state index is -4.17. The molecule has 0 radical (unpaired) electrons. The third kappa shape index (κ3) is 5.34. The second-order valence-electron chi connectivity index (χ2n) is 8.57. The first-order valence-electron chi connectivity index (χ1n) is 11.1. The Kier molecular flexibility index (Phi) is 7.43. The molecule has 0 aromatic heterocycles. The standard InChI is InChI=1S/C23H25ClFN3O6S/c24-19-10-17(5-6-20(19)25)26-22(31)15-3-4-16(12-29)21(9-15)35(33,34)27-7-8-28(18(11-27)13-30)23(32)14-1-2-14/h3-6,9-10,14,18,29-30H,1-2,7-8,11-13H2,(H,26,31). The summed E-state index contributed by atoms with van der Waals surface area (Å²) in [6.45, 7) is -0.910. The summed E-state index contributed by atoms with van der Waals surface area (Å²) in [5.74, 6) is -1.43. The molecule has 1 aliphatic carbocycles. The van der Waals surface area contributed by atoms with Crippen molar-refractivity contribution in [1.29, 1.82) is 0 Å². The molecule has 2 aromatic rings. The van der Waals surface area contributed by atoms with Gasteiger partial charge in [0.15, 0.2) is 0 Å². The molecule has 1 saturated carbocycles. The molecule has 2 fully saturated rings. The van der Waals surface area contributed by atoms with Crippen molar-refractivity contribution in [2.75, 3.05) is 31.6 Å². The summed E-state index contributed by atoms with van der Waals surface area (Å²) in [6.07, 6.45) is 1.60. The van der Waals surface area contributed by atoms with Gasteiger partial charge in [0.1, 0.15) is 5.82 Å². The number of aliphatic hydroxyl groups is 2. The zero-order valence-electron chi connectivity index (χ0n) is 18.7. The first-order chi connectivity index (χ1) is 16.6. The lowest BCUT2D eigenvalue weighted by atomic mass is 10.1. The van der Waals surface area contributed by atoms with Crippen LogP contribution < -0.4 is 5.32 Å². The number of hydrogen-bond donors (Lipinski definition) is 3. The molecule has 188 valence electrons. The summed E-state index contributed by atoms with van der Waals surface area (Å²) in [5, 5.41) is 21.9. The molecule has 1 unspecified atom stereocenters. The third-order valence-electron chi connectivity index (χ3n) is 6.16. The second kappa shape index (κ2) is 10.2. The molecule has 2 amide bonds. The fourth-order valence-corrected chi connectivity index (χ4v) is 5.93. The lowest BCUT2D eigenvalue weighted by Crippen LogP contribution is -2.58. The van der Waals surface area contributed by atoms with E-state index < -0.39 is 34.4 Å². The van der Waals surface area contributed by atoms with Crippen LogP contribution in [0.4, 0.5) is 10.1 Å². The van der Waals surface area contributed by atoms with E-state index in [1.165, 1.54) is 29.2 Å². The molecule has 35 heavy (non-hydrogen) atoms. The third-order valence-corrected chi connectivity index (χ3v) is 8.40. The van der Waals surface area contributed by atoms with Gasteiger partial charge < -0.3 is 20.4 Å². The maximum absolute atomic E-state index is 13.5. The zero-order valence-corrected chi connectivity index (χ0v) is 20.2. The molecular formula is C23H25ClFN3O6S. The Hall–Kier alpha value is -2.57. The first-order valence-corrected chi connectivity index (χ1v) is 12.9. The highest BCUT2D eigenvalue weighted by Crippen LogP contribution is 2.33. The maximum atomic E-state index is 13.5. The zero-order chi connectivity index (χ0) is 25.3. The average Bonchev–Trinajstić information content (AvgIpc) is 3.70. The molecule has 3 N–H and O–H groups in total. The van der Waals surface area contributed by atoms with Crippen LogP contribution in [0.3, 0.4) is 0 Å². The lowest BCUT2D eigenvalue weighted by molar-refractivity contribution is -0.137. The van der Waals surface area contributed by atoms with E-state index in [4.69, 9.17) is 11.6 Å². The highest BCUT2D eigenvalue weighted by atomic mass is 35.5. The molecule has 1 atom stereocenters. The Bertz CT molecular complexity index is 1250. The molecular weight excluding hydrogens is 501 g/mol. The molecule has 1 aliphatic heterocycles. The largest absolute Gasteiger partial charge is 0.394 e. The number of benzene rings is 2. The fourth-order valence-electron chi connectivity index (χ4n) is 4.04. The number of carbonyl (C=O) groups is 2. The van der Waals surface area contributed by atoms with Crippen molar-refractivity contribution < 1.29 is 32.6 Å². The number of amides is 2. The predicted molar refractivity (Wildman–Crippen MR) is 126 cm³/mol. The van der Waals surface area contributed by atoms with Gasteiger partial charge in [0.25, 0.3) is 5.91 Å². The molecule has 0 spiro atoms. The first kappa shape index (κ1) is 25.5. The van der Waals surface area contributed by atoms with Crippen LogP contribution in [-0.4, -0.2) is 71.9 Å². The SMILES string of the molecule is O=C(Nc1ccc(F)c(Cl)c1)c1ccc(CO)c(S(=O)(=O)N2CCN(C(=O)C3CC3)C(CO)C2)c1. The Balaban J connectivity index is 1.58. The average molecular weight is 526 g/mol. The van der Waals surface area contributed by atoms with E-state index in [9.17, 15) is 32.6 Å². The highest BCUT2D eigenvalue weighted by molar-refractivity contribution is 7.89. The Morgan fingerprint density at radius 2 is 1.86 bits per heavy atom. The minimum Gasteiger partial charge on any atom is -0.394 e. The van der Waals surface area contributed by atoms with Crippen LogP contribution in [0.2, 0.25) is 5.02 Å². The Morgan fingerprint density at radius 1 is 1.11 bits per heavy atom. The molecule has 4 rings (SSSR count). The second-order valence-corrected chi connectivity index (χ2v) is 10.9. The van der Waals surface area contributed by atoms with Gasteiger partial charge in [-0.05, 0) is 48.7 Å². The van der Waals surface area contributed by atoms with Crippen LogP contribution in [0.25, 0.3) is 0 Å². The predicted octanol–water partition coefficient (Wildman–Crippen LogP) is 1.83. The Labute approximate surface area is 207 Å². The van der Waals surface area contributed by atoms with Crippen molar-refractivity contribution in [3.63, 3.8) is 0 Å². The maximum Gasteiger partial charge on any atom is 0.255 e. The number of sulfonamides is 1. The number of piperazine rings is 1. The summed E-state index contributed by atoms with van der Waals surface area (Å²) in [5.41, 5.74) is 0.324. The van der Waals surface area contributed by atoms with Crippen LogP contribution in [0, 0.1) is 11.7 Å².